The third-order valence-electron chi connectivity index (χ3n) is 6.63. The van der Waals surface area contributed by atoms with Gasteiger partial charge in [0.25, 0.3) is 11.5 Å². The van der Waals surface area contributed by atoms with E-state index in [4.69, 9.17) is 30.2 Å². The molecule has 0 saturated carbocycles. The zero-order valence-corrected chi connectivity index (χ0v) is 28.1. The molecular formula is C31H43N11O8. The molecule has 0 aliphatic rings. The first-order valence-corrected chi connectivity index (χ1v) is 16.0. The Morgan fingerprint density at radius 2 is 1.72 bits per heavy atom. The van der Waals surface area contributed by atoms with Crippen molar-refractivity contribution >= 4 is 40.6 Å². The molecule has 0 aliphatic heterocycles. The second kappa shape index (κ2) is 21.6. The molecule has 19 nitrogen and oxygen atoms in total. The Balaban J connectivity index is 1.41. The summed E-state index contributed by atoms with van der Waals surface area (Å²) >= 11 is 0. The Hall–Kier alpha value is -5.36. The molecule has 50 heavy (non-hydrogen) atoms. The molecule has 0 spiro atoms. The highest BCUT2D eigenvalue weighted by molar-refractivity contribution is 5.97. The molecule has 0 bridgehead atoms. The number of amides is 2. The van der Waals surface area contributed by atoms with Crippen molar-refractivity contribution < 1.29 is 33.3 Å². The van der Waals surface area contributed by atoms with Gasteiger partial charge in [-0.15, -0.1) is 0 Å². The molecule has 0 fully saturated rings. The minimum atomic E-state index is -1.04. The molecule has 3 rings (SSSR count). The highest BCUT2D eigenvalue weighted by Gasteiger charge is 2.24. The average molecular weight is 698 g/mol. The highest BCUT2D eigenvalue weighted by atomic mass is 16.5. The number of H-pyrrole nitrogens is 1. The molecule has 19 heteroatoms. The van der Waals surface area contributed by atoms with Crippen LogP contribution in [0.4, 0.5) is 11.6 Å². The minimum absolute atomic E-state index is 0.0274. The van der Waals surface area contributed by atoms with Crippen molar-refractivity contribution in [2.45, 2.75) is 39.3 Å². The van der Waals surface area contributed by atoms with E-state index in [1.54, 1.807) is 24.3 Å². The van der Waals surface area contributed by atoms with Gasteiger partial charge in [0, 0.05) is 35.7 Å². The molecule has 0 radical (unpaired) electrons. The van der Waals surface area contributed by atoms with E-state index >= 15 is 0 Å². The van der Waals surface area contributed by atoms with Gasteiger partial charge in [-0.05, 0) is 42.1 Å². The average Bonchev–Trinajstić information content (AvgIpc) is 3.10. The zero-order valence-electron chi connectivity index (χ0n) is 28.1. The Kier molecular flexibility index (Phi) is 16.9. The van der Waals surface area contributed by atoms with Gasteiger partial charge < -0.3 is 40.6 Å². The number of carbonyl (C=O) groups excluding carboxylic acids is 3. The molecule has 0 unspecified atom stereocenters. The number of fused-ring (bicyclic) bond motifs is 1. The van der Waals surface area contributed by atoms with Gasteiger partial charge in [0.2, 0.25) is 11.9 Å². The predicted molar refractivity (Wildman–Crippen MR) is 182 cm³/mol. The molecule has 6 N–H and O–H groups in total. The van der Waals surface area contributed by atoms with Crippen molar-refractivity contribution in [3.8, 4) is 0 Å². The smallest absolute Gasteiger partial charge is 0.328 e. The Morgan fingerprint density at radius 1 is 1.02 bits per heavy atom. The molecule has 1 atom stereocenters. The lowest BCUT2D eigenvalue weighted by Gasteiger charge is -2.18. The monoisotopic (exact) mass is 697 g/mol. The maximum Gasteiger partial charge on any atom is 0.328 e. The van der Waals surface area contributed by atoms with E-state index in [-0.39, 0.29) is 74.6 Å². The van der Waals surface area contributed by atoms with Crippen LogP contribution in [0.5, 0.6) is 0 Å². The van der Waals surface area contributed by atoms with E-state index in [9.17, 15) is 19.2 Å². The number of hydrogen-bond acceptors (Lipinski definition) is 14. The van der Waals surface area contributed by atoms with Crippen LogP contribution in [-0.2, 0) is 35.1 Å². The van der Waals surface area contributed by atoms with Crippen molar-refractivity contribution in [2.75, 3.05) is 70.4 Å². The number of ether oxygens (including phenoxy) is 4. The lowest BCUT2D eigenvalue weighted by Crippen LogP contribution is -2.43. The summed E-state index contributed by atoms with van der Waals surface area (Å²) in [6.07, 6.45) is 1.48. The fraction of sp³-hybridized carbons (Fsp3) is 0.516. The lowest BCUT2D eigenvalue weighted by molar-refractivity contribution is -0.147. The summed E-state index contributed by atoms with van der Waals surface area (Å²) in [5.74, 6) is -1.41. The topological polar surface area (TPSA) is 271 Å². The summed E-state index contributed by atoms with van der Waals surface area (Å²) in [6.45, 7) is 6.75. The maximum absolute atomic E-state index is 13.1. The van der Waals surface area contributed by atoms with Gasteiger partial charge in [-0.3, -0.25) is 19.4 Å². The van der Waals surface area contributed by atoms with Crippen molar-refractivity contribution in [1.82, 2.24) is 30.6 Å². The third kappa shape index (κ3) is 14.4. The number of anilines is 2. The first kappa shape index (κ1) is 39.1. The van der Waals surface area contributed by atoms with Gasteiger partial charge in [0.1, 0.15) is 6.04 Å². The molecule has 270 valence electrons. The Labute approximate surface area is 287 Å². The third-order valence-corrected chi connectivity index (χ3v) is 6.63. The first-order chi connectivity index (χ1) is 24.2. The second-order valence-corrected chi connectivity index (χ2v) is 11.1. The van der Waals surface area contributed by atoms with E-state index in [1.165, 1.54) is 6.20 Å². The molecular weight excluding hydrogens is 654 g/mol. The van der Waals surface area contributed by atoms with Crippen LogP contribution in [0, 0.1) is 5.92 Å². The molecule has 0 saturated heterocycles. The van der Waals surface area contributed by atoms with Gasteiger partial charge in [-0.2, -0.15) is 4.98 Å². The Morgan fingerprint density at radius 3 is 2.42 bits per heavy atom. The fourth-order valence-electron chi connectivity index (χ4n) is 4.15. The number of aromatic amines is 1. The SMILES string of the molecule is CC(C)COC(=O)[C@H](CCC(=O)NCCOCCOCCOCCN=[N+]=[N-])NC(=O)c1ccc(NCc2cnc3nc(N)[nH]c(=O)c3n2)cc1. The van der Waals surface area contributed by atoms with Crippen molar-refractivity contribution in [3.05, 3.63) is 62.5 Å². The summed E-state index contributed by atoms with van der Waals surface area (Å²) in [5.41, 5.74) is 14.9. The van der Waals surface area contributed by atoms with Gasteiger partial charge in [0.05, 0.1) is 64.7 Å². The summed E-state index contributed by atoms with van der Waals surface area (Å²) in [7, 11) is 0. The highest BCUT2D eigenvalue weighted by Crippen LogP contribution is 2.13. The Bertz CT molecular complexity index is 1650. The zero-order chi connectivity index (χ0) is 36.1. The van der Waals surface area contributed by atoms with Crippen LogP contribution in [0.25, 0.3) is 21.6 Å². The summed E-state index contributed by atoms with van der Waals surface area (Å²) in [4.78, 5) is 67.8. The summed E-state index contributed by atoms with van der Waals surface area (Å²) < 4.78 is 21.4. The fourth-order valence-corrected chi connectivity index (χ4v) is 4.15. The van der Waals surface area contributed by atoms with Gasteiger partial charge in [-0.25, -0.2) is 14.8 Å². The number of hydrogen-bond donors (Lipinski definition) is 5. The second-order valence-electron chi connectivity index (χ2n) is 11.1. The lowest BCUT2D eigenvalue weighted by atomic mass is 10.1. The first-order valence-electron chi connectivity index (χ1n) is 16.0. The van der Waals surface area contributed by atoms with Gasteiger partial charge in [0.15, 0.2) is 11.2 Å². The van der Waals surface area contributed by atoms with E-state index in [0.717, 1.165) is 0 Å². The number of nitrogens with one attached hydrogen (secondary N) is 4. The molecule has 0 aliphatic carbocycles. The predicted octanol–water partition coefficient (Wildman–Crippen LogP) is 1.46. The van der Waals surface area contributed by atoms with Gasteiger partial charge in [-0.1, -0.05) is 19.0 Å². The molecule has 3 aromatic rings. The normalized spacial score (nSPS) is 11.5. The van der Waals surface area contributed by atoms with E-state index in [1.807, 2.05) is 13.8 Å². The number of nitrogen functional groups attached to an aromatic ring is 1. The van der Waals surface area contributed by atoms with Crippen molar-refractivity contribution in [1.29, 1.82) is 0 Å². The van der Waals surface area contributed by atoms with E-state index in [2.05, 4.69) is 45.9 Å². The van der Waals surface area contributed by atoms with Crippen LogP contribution in [-0.4, -0.2) is 103 Å². The number of aromatic nitrogens is 4. The van der Waals surface area contributed by atoms with Crippen LogP contribution in [0.3, 0.4) is 0 Å². The van der Waals surface area contributed by atoms with Crippen LogP contribution in [0.15, 0.2) is 40.4 Å². The van der Waals surface area contributed by atoms with Crippen molar-refractivity contribution in [2.24, 2.45) is 11.0 Å². The van der Waals surface area contributed by atoms with E-state index < -0.39 is 23.5 Å². The molecule has 1 aromatic carbocycles. The number of carbonyl (C=O) groups is 3. The summed E-state index contributed by atoms with van der Waals surface area (Å²) in [6, 6.07) is 5.48. The van der Waals surface area contributed by atoms with E-state index in [0.29, 0.717) is 50.0 Å². The standard InChI is InChI=1S/C31H43N11O8/c1-20(2)19-50-30(46)24(7-8-25(43)34-9-11-47-13-15-49-16-14-48-12-10-37-42-33)39-28(44)21-3-5-22(6-4-21)35-17-23-18-36-27-26(38-23)29(45)41-31(32)40-27/h3-6,18,20,24,35H,7-17,19H2,1-2H3,(H,34,43)(H,39,44)(H3,32,36,40,41,45)/t24-/m0/s1. The maximum atomic E-state index is 13.1. The van der Waals surface area contributed by atoms with Crippen LogP contribution in [0.2, 0.25) is 0 Å². The molecule has 2 aromatic heterocycles. The number of nitrogens with two attached hydrogens (primary N) is 1. The van der Waals surface area contributed by atoms with Crippen LogP contribution < -0.4 is 27.2 Å². The summed E-state index contributed by atoms with van der Waals surface area (Å²) in [5, 5.41) is 11.9. The largest absolute Gasteiger partial charge is 0.464 e. The number of benzene rings is 1. The number of nitrogens with zero attached hydrogens (tertiary/aromatic N) is 6. The number of esters is 1. The quantitative estimate of drug-likeness (QED) is 0.0309. The van der Waals surface area contributed by atoms with Crippen LogP contribution in [0.1, 0.15) is 42.7 Å². The van der Waals surface area contributed by atoms with Gasteiger partial charge >= 0.3 is 5.97 Å². The van der Waals surface area contributed by atoms with Crippen LogP contribution >= 0.6 is 0 Å². The van der Waals surface area contributed by atoms with Crippen molar-refractivity contribution in [3.63, 3.8) is 0 Å². The number of azide groups is 1. The molecule has 2 amide bonds. The molecule has 2 heterocycles. The minimum Gasteiger partial charge on any atom is -0.464 e. The number of rotatable bonds is 23.